The van der Waals surface area contributed by atoms with Crippen molar-refractivity contribution in [3.8, 4) is 5.88 Å². The van der Waals surface area contributed by atoms with Crippen molar-refractivity contribution in [3.05, 3.63) is 11.3 Å². The molecule has 0 spiro atoms. The van der Waals surface area contributed by atoms with Crippen molar-refractivity contribution in [2.75, 3.05) is 5.73 Å². The predicted molar refractivity (Wildman–Crippen MR) is 68.0 cm³/mol. The highest BCUT2D eigenvalue weighted by molar-refractivity contribution is 6.33. The monoisotopic (exact) mass is 255 g/mol. The zero-order valence-electron chi connectivity index (χ0n) is 10.2. The van der Waals surface area contributed by atoms with Crippen molar-refractivity contribution in [1.29, 1.82) is 0 Å². The predicted octanol–water partition coefficient (Wildman–Crippen LogP) is 2.92. The molecule has 1 saturated carbocycles. The molecule has 0 aromatic carbocycles. The fourth-order valence-electron chi connectivity index (χ4n) is 2.21. The van der Waals surface area contributed by atoms with E-state index in [1.54, 1.807) is 0 Å². The molecule has 1 fully saturated rings. The van der Waals surface area contributed by atoms with Crippen LogP contribution >= 0.6 is 11.6 Å². The summed E-state index contributed by atoms with van der Waals surface area (Å²) in [5.41, 5.74) is 5.61. The number of aromatic nitrogens is 2. The van der Waals surface area contributed by atoms with Crippen LogP contribution in [0.4, 0.5) is 5.82 Å². The van der Waals surface area contributed by atoms with E-state index in [0.29, 0.717) is 16.8 Å². The van der Waals surface area contributed by atoms with Crippen molar-refractivity contribution in [1.82, 2.24) is 9.97 Å². The van der Waals surface area contributed by atoms with Crippen molar-refractivity contribution < 1.29 is 4.74 Å². The number of rotatable bonds is 2. The van der Waals surface area contributed by atoms with Crippen molar-refractivity contribution in [3.63, 3.8) is 0 Å². The molecule has 1 aromatic rings. The van der Waals surface area contributed by atoms with Crippen LogP contribution in [0, 0.1) is 11.8 Å². The van der Waals surface area contributed by atoms with E-state index in [1.807, 2.05) is 0 Å². The largest absolute Gasteiger partial charge is 0.473 e. The lowest BCUT2D eigenvalue weighted by Crippen LogP contribution is -2.29. The average Bonchev–Trinajstić information content (AvgIpc) is 2.30. The Bertz CT molecular complexity index is 399. The number of halogens is 1. The Morgan fingerprint density at radius 1 is 1.29 bits per heavy atom. The lowest BCUT2D eigenvalue weighted by Gasteiger charge is -2.32. The third-order valence-corrected chi connectivity index (χ3v) is 3.97. The molecule has 4 nitrogen and oxygen atoms in total. The molecule has 1 aliphatic rings. The Morgan fingerprint density at radius 3 is 2.76 bits per heavy atom. The van der Waals surface area contributed by atoms with Crippen molar-refractivity contribution in [2.24, 2.45) is 11.8 Å². The Labute approximate surface area is 107 Å². The maximum atomic E-state index is 6.00. The van der Waals surface area contributed by atoms with Gasteiger partial charge in [0.25, 0.3) is 0 Å². The number of anilines is 1. The van der Waals surface area contributed by atoms with Gasteiger partial charge in [-0.1, -0.05) is 25.4 Å². The highest BCUT2D eigenvalue weighted by Crippen LogP contribution is 2.33. The van der Waals surface area contributed by atoms with E-state index < -0.39 is 0 Å². The molecule has 0 aliphatic heterocycles. The first-order chi connectivity index (χ1) is 8.08. The second-order valence-electron chi connectivity index (χ2n) is 4.89. The second kappa shape index (κ2) is 5.08. The molecule has 1 aliphatic carbocycles. The zero-order chi connectivity index (χ0) is 12.4. The normalized spacial score (nSPS) is 29.0. The van der Waals surface area contributed by atoms with Gasteiger partial charge in [-0.3, -0.25) is 0 Å². The summed E-state index contributed by atoms with van der Waals surface area (Å²) in [6.07, 6.45) is 4.84. The Balaban J connectivity index is 2.04. The molecule has 3 unspecified atom stereocenters. The minimum Gasteiger partial charge on any atom is -0.473 e. The Hall–Kier alpha value is -1.03. The molecule has 94 valence electrons. The summed E-state index contributed by atoms with van der Waals surface area (Å²) in [6, 6.07) is 0. The first-order valence-electron chi connectivity index (χ1n) is 6.00. The highest BCUT2D eigenvalue weighted by atomic mass is 35.5. The fourth-order valence-corrected chi connectivity index (χ4v) is 2.35. The van der Waals surface area contributed by atoms with Crippen LogP contribution in [0.3, 0.4) is 0 Å². The van der Waals surface area contributed by atoms with Gasteiger partial charge in [0, 0.05) is 0 Å². The van der Waals surface area contributed by atoms with Crippen LogP contribution in [0.2, 0.25) is 5.02 Å². The molecular formula is C12H18ClN3O. The first kappa shape index (κ1) is 12.4. The van der Waals surface area contributed by atoms with E-state index in [2.05, 4.69) is 23.8 Å². The Morgan fingerprint density at radius 2 is 2.06 bits per heavy atom. The van der Waals surface area contributed by atoms with Gasteiger partial charge in [0.2, 0.25) is 5.88 Å². The quantitative estimate of drug-likeness (QED) is 0.883. The zero-order valence-corrected chi connectivity index (χ0v) is 10.9. The van der Waals surface area contributed by atoms with Crippen LogP contribution < -0.4 is 10.5 Å². The molecule has 17 heavy (non-hydrogen) atoms. The van der Waals surface area contributed by atoms with Crippen LogP contribution in [0.1, 0.15) is 33.1 Å². The van der Waals surface area contributed by atoms with Gasteiger partial charge >= 0.3 is 0 Å². The van der Waals surface area contributed by atoms with Crippen LogP contribution in [0.25, 0.3) is 0 Å². The van der Waals surface area contributed by atoms with Gasteiger partial charge in [-0.15, -0.1) is 0 Å². The number of ether oxygens (including phenoxy) is 1. The molecule has 3 atom stereocenters. The van der Waals surface area contributed by atoms with Gasteiger partial charge < -0.3 is 10.5 Å². The number of hydrogen-bond donors (Lipinski definition) is 1. The summed E-state index contributed by atoms with van der Waals surface area (Å²) in [4.78, 5) is 7.85. The lowest BCUT2D eigenvalue weighted by atomic mass is 9.80. The van der Waals surface area contributed by atoms with Gasteiger partial charge in [0.1, 0.15) is 23.3 Å². The molecule has 0 amide bonds. The highest BCUT2D eigenvalue weighted by Gasteiger charge is 2.26. The number of nitrogens with two attached hydrogens (primary N) is 1. The standard InChI is InChI=1S/C12H18ClN3O/c1-7-3-4-9(5-8(7)2)17-12-10(13)11(14)15-6-16-12/h6-9H,3-5H2,1-2H3,(H2,14,15,16). The Kier molecular flexibility index (Phi) is 3.72. The van der Waals surface area contributed by atoms with E-state index in [4.69, 9.17) is 22.1 Å². The van der Waals surface area contributed by atoms with Crippen molar-refractivity contribution in [2.45, 2.75) is 39.2 Å². The van der Waals surface area contributed by atoms with Gasteiger partial charge in [-0.25, -0.2) is 9.97 Å². The molecule has 0 bridgehead atoms. The third kappa shape index (κ3) is 2.80. The summed E-state index contributed by atoms with van der Waals surface area (Å²) in [5, 5.41) is 0.318. The third-order valence-electron chi connectivity index (χ3n) is 3.61. The summed E-state index contributed by atoms with van der Waals surface area (Å²) >= 11 is 6.00. The van der Waals surface area contributed by atoms with Gasteiger partial charge in [-0.2, -0.15) is 0 Å². The molecule has 1 heterocycles. The van der Waals surface area contributed by atoms with E-state index in [0.717, 1.165) is 18.8 Å². The summed E-state index contributed by atoms with van der Waals surface area (Å²) in [5.74, 6) is 2.12. The van der Waals surface area contributed by atoms with E-state index in [1.165, 1.54) is 12.7 Å². The number of nitrogens with zero attached hydrogens (tertiary/aromatic N) is 2. The first-order valence-corrected chi connectivity index (χ1v) is 6.38. The topological polar surface area (TPSA) is 61.0 Å². The molecule has 2 rings (SSSR count). The van der Waals surface area contributed by atoms with Crippen molar-refractivity contribution >= 4 is 17.4 Å². The van der Waals surface area contributed by atoms with Crippen LogP contribution in [0.5, 0.6) is 5.88 Å². The van der Waals surface area contributed by atoms with Gasteiger partial charge in [-0.05, 0) is 31.1 Å². The van der Waals surface area contributed by atoms with Gasteiger partial charge in [0.15, 0.2) is 0 Å². The SMILES string of the molecule is CC1CCC(Oc2ncnc(N)c2Cl)CC1C. The van der Waals surface area contributed by atoms with E-state index >= 15 is 0 Å². The lowest BCUT2D eigenvalue weighted by molar-refractivity contribution is 0.0965. The minimum absolute atomic E-state index is 0.188. The van der Waals surface area contributed by atoms with E-state index in [9.17, 15) is 0 Å². The molecule has 5 heteroatoms. The average molecular weight is 256 g/mol. The maximum Gasteiger partial charge on any atom is 0.238 e. The number of hydrogen-bond acceptors (Lipinski definition) is 4. The van der Waals surface area contributed by atoms with Crippen LogP contribution in [-0.2, 0) is 0 Å². The summed E-state index contributed by atoms with van der Waals surface area (Å²) in [6.45, 7) is 4.55. The molecule has 2 N–H and O–H groups in total. The van der Waals surface area contributed by atoms with Crippen LogP contribution in [0.15, 0.2) is 6.33 Å². The summed E-state index contributed by atoms with van der Waals surface area (Å²) < 4.78 is 5.82. The van der Waals surface area contributed by atoms with E-state index in [-0.39, 0.29) is 11.9 Å². The molecule has 0 saturated heterocycles. The minimum atomic E-state index is 0.188. The second-order valence-corrected chi connectivity index (χ2v) is 5.26. The molecule has 0 radical (unpaired) electrons. The summed E-state index contributed by atoms with van der Waals surface area (Å²) in [7, 11) is 0. The fraction of sp³-hybridized carbons (Fsp3) is 0.667. The molecule has 1 aromatic heterocycles. The number of nitrogen functional groups attached to an aromatic ring is 1. The van der Waals surface area contributed by atoms with Gasteiger partial charge in [0.05, 0.1) is 0 Å². The van der Waals surface area contributed by atoms with Crippen LogP contribution in [-0.4, -0.2) is 16.1 Å². The maximum absolute atomic E-state index is 6.00. The smallest absolute Gasteiger partial charge is 0.238 e. The molecular weight excluding hydrogens is 238 g/mol.